The molecule has 0 aliphatic rings. The minimum Gasteiger partial charge on any atom is -0.476 e. The third-order valence-corrected chi connectivity index (χ3v) is 2.89. The van der Waals surface area contributed by atoms with Crippen LogP contribution in [0.25, 0.3) is 0 Å². The Hall–Kier alpha value is -0.880. The van der Waals surface area contributed by atoms with Crippen LogP contribution in [0, 0.1) is 0 Å². The molecular weight excluding hydrogens is 210 g/mol. The highest BCUT2D eigenvalue weighted by molar-refractivity contribution is 8.14. The van der Waals surface area contributed by atoms with Crippen molar-refractivity contribution in [1.82, 2.24) is 4.37 Å². The first-order valence-electron chi connectivity index (χ1n) is 3.52. The fourth-order valence-electron chi connectivity index (χ4n) is 0.674. The molecule has 0 fully saturated rings. The minimum absolute atomic E-state index is 0.0648. The van der Waals surface area contributed by atoms with Crippen LogP contribution in [0.15, 0.2) is 6.07 Å². The van der Waals surface area contributed by atoms with Crippen molar-refractivity contribution in [3.8, 4) is 0 Å². The quantitative estimate of drug-likeness (QED) is 0.835. The maximum absolute atomic E-state index is 11.2. The van der Waals surface area contributed by atoms with Crippen molar-refractivity contribution in [1.29, 1.82) is 0 Å². The first-order valence-corrected chi connectivity index (χ1v) is 5.28. The van der Waals surface area contributed by atoms with E-state index < -0.39 is 5.97 Å². The van der Waals surface area contributed by atoms with Crippen molar-refractivity contribution in [2.75, 3.05) is 5.75 Å². The number of carbonyl (C=O) groups is 2. The van der Waals surface area contributed by atoms with Crippen LogP contribution in [-0.4, -0.2) is 26.3 Å². The van der Waals surface area contributed by atoms with Gasteiger partial charge in [-0.05, 0) is 23.4 Å². The summed E-state index contributed by atoms with van der Waals surface area (Å²) in [5.74, 6) is -0.420. The van der Waals surface area contributed by atoms with Gasteiger partial charge in [-0.15, -0.1) is 0 Å². The summed E-state index contributed by atoms with van der Waals surface area (Å²) in [6.45, 7) is 1.86. The van der Waals surface area contributed by atoms with Crippen molar-refractivity contribution in [3.05, 3.63) is 16.6 Å². The van der Waals surface area contributed by atoms with Gasteiger partial charge in [0, 0.05) is 0 Å². The smallest absolute Gasteiger partial charge is 0.355 e. The van der Waals surface area contributed by atoms with Crippen molar-refractivity contribution in [2.24, 2.45) is 0 Å². The fourth-order valence-corrected chi connectivity index (χ4v) is 1.99. The van der Waals surface area contributed by atoms with Gasteiger partial charge in [-0.3, -0.25) is 4.79 Å². The Balaban J connectivity index is 2.79. The number of thioether (sulfide) groups is 1. The van der Waals surface area contributed by atoms with E-state index in [1.54, 1.807) is 0 Å². The van der Waals surface area contributed by atoms with Gasteiger partial charge < -0.3 is 5.11 Å². The number of carbonyl (C=O) groups excluding carboxylic acids is 1. The molecular formula is C7H7NO3S2. The third kappa shape index (κ3) is 2.53. The Kier molecular flexibility index (Phi) is 3.44. The third-order valence-electron chi connectivity index (χ3n) is 1.21. The molecule has 1 heterocycles. The molecule has 1 N–H and O–H groups in total. The Morgan fingerprint density at radius 3 is 2.85 bits per heavy atom. The topological polar surface area (TPSA) is 67.3 Å². The highest BCUT2D eigenvalue weighted by Crippen LogP contribution is 2.17. The normalized spacial score (nSPS) is 9.92. The molecule has 1 aromatic heterocycles. The van der Waals surface area contributed by atoms with E-state index in [2.05, 4.69) is 4.37 Å². The fraction of sp³-hybridized carbons (Fsp3) is 0.286. The predicted octanol–water partition coefficient (Wildman–Crippen LogP) is 1.73. The van der Waals surface area contributed by atoms with Crippen molar-refractivity contribution in [3.63, 3.8) is 0 Å². The van der Waals surface area contributed by atoms with E-state index in [4.69, 9.17) is 5.11 Å². The maximum Gasteiger partial charge on any atom is 0.355 e. The summed E-state index contributed by atoms with van der Waals surface area (Å²) < 4.78 is 3.63. The van der Waals surface area contributed by atoms with Gasteiger partial charge in [0.25, 0.3) is 0 Å². The Morgan fingerprint density at radius 2 is 2.38 bits per heavy atom. The molecule has 0 saturated heterocycles. The molecule has 1 rings (SSSR count). The Labute approximate surface area is 83.1 Å². The number of rotatable bonds is 3. The second kappa shape index (κ2) is 4.38. The van der Waals surface area contributed by atoms with Gasteiger partial charge >= 0.3 is 5.97 Å². The zero-order valence-corrected chi connectivity index (χ0v) is 8.44. The van der Waals surface area contributed by atoms with E-state index in [1.807, 2.05) is 6.92 Å². The molecule has 0 atom stereocenters. The minimum atomic E-state index is -1.10. The molecule has 0 aliphatic carbocycles. The number of hydrogen-bond donors (Lipinski definition) is 1. The van der Waals surface area contributed by atoms with Crippen LogP contribution in [0.1, 0.15) is 27.1 Å². The molecule has 13 heavy (non-hydrogen) atoms. The number of carboxylic acid groups (broad SMARTS) is 1. The van der Waals surface area contributed by atoms with Gasteiger partial charge in [0.1, 0.15) is 4.88 Å². The number of hydrogen-bond acceptors (Lipinski definition) is 5. The second-order valence-corrected chi connectivity index (χ2v) is 4.14. The molecule has 0 amide bonds. The van der Waals surface area contributed by atoms with Gasteiger partial charge in [0.05, 0.1) is 0 Å². The van der Waals surface area contributed by atoms with Gasteiger partial charge in [-0.2, -0.15) is 4.37 Å². The lowest BCUT2D eigenvalue weighted by Gasteiger charge is -1.89. The summed E-state index contributed by atoms with van der Waals surface area (Å²) in [6, 6.07) is 1.30. The van der Waals surface area contributed by atoms with Crippen LogP contribution in [-0.2, 0) is 0 Å². The van der Waals surface area contributed by atoms with Gasteiger partial charge in [0.2, 0.25) is 5.12 Å². The average Bonchev–Trinajstić information content (AvgIpc) is 2.52. The van der Waals surface area contributed by atoms with E-state index in [0.29, 0.717) is 10.6 Å². The van der Waals surface area contributed by atoms with Crippen molar-refractivity contribution >= 4 is 34.4 Å². The molecule has 0 bridgehead atoms. The molecule has 1 aromatic rings. The van der Waals surface area contributed by atoms with Crippen LogP contribution in [0.2, 0.25) is 0 Å². The van der Waals surface area contributed by atoms with Crippen molar-refractivity contribution in [2.45, 2.75) is 6.92 Å². The molecule has 6 heteroatoms. The zero-order chi connectivity index (χ0) is 9.84. The van der Waals surface area contributed by atoms with Gasteiger partial charge in [-0.25, -0.2) is 4.79 Å². The lowest BCUT2D eigenvalue weighted by Crippen LogP contribution is -1.95. The number of carboxylic acids is 1. The summed E-state index contributed by atoms with van der Waals surface area (Å²) in [7, 11) is 0. The zero-order valence-electron chi connectivity index (χ0n) is 6.81. The van der Waals surface area contributed by atoms with Crippen LogP contribution in [0.4, 0.5) is 0 Å². The first-order chi connectivity index (χ1) is 6.15. The summed E-state index contributed by atoms with van der Waals surface area (Å²) in [6.07, 6.45) is 0. The SMILES string of the molecule is CCSC(=O)c1cc(C(=O)O)ns1. The summed E-state index contributed by atoms with van der Waals surface area (Å²) in [4.78, 5) is 22.0. The van der Waals surface area contributed by atoms with Crippen molar-refractivity contribution < 1.29 is 14.7 Å². The van der Waals surface area contributed by atoms with E-state index in [1.165, 1.54) is 6.07 Å². The summed E-state index contributed by atoms with van der Waals surface area (Å²) in [5.41, 5.74) is -0.0648. The largest absolute Gasteiger partial charge is 0.476 e. The lowest BCUT2D eigenvalue weighted by atomic mass is 10.4. The second-order valence-electron chi connectivity index (χ2n) is 2.10. The number of nitrogens with zero attached hydrogens (tertiary/aromatic N) is 1. The monoisotopic (exact) mass is 217 g/mol. The van der Waals surface area contributed by atoms with Crippen LogP contribution >= 0.6 is 23.3 Å². The average molecular weight is 217 g/mol. The van der Waals surface area contributed by atoms with E-state index in [9.17, 15) is 9.59 Å². The number of aromatic carboxylic acids is 1. The standard InChI is InChI=1S/C7H7NO3S2/c1-2-12-7(11)5-3-4(6(9)10)8-13-5/h3H,2H2,1H3,(H,9,10). The van der Waals surface area contributed by atoms with E-state index in [0.717, 1.165) is 23.3 Å². The molecule has 0 aromatic carbocycles. The van der Waals surface area contributed by atoms with Crippen LogP contribution in [0.5, 0.6) is 0 Å². The summed E-state index contributed by atoms with van der Waals surface area (Å²) >= 11 is 2.07. The van der Waals surface area contributed by atoms with E-state index >= 15 is 0 Å². The van der Waals surface area contributed by atoms with Crippen LogP contribution < -0.4 is 0 Å². The van der Waals surface area contributed by atoms with E-state index in [-0.39, 0.29) is 10.8 Å². The molecule has 0 spiro atoms. The molecule has 0 radical (unpaired) electrons. The molecule has 0 unspecified atom stereocenters. The molecule has 0 aliphatic heterocycles. The Bertz CT molecular complexity index is 334. The number of aromatic nitrogens is 1. The summed E-state index contributed by atoms with van der Waals surface area (Å²) in [5, 5.41) is 8.42. The highest BCUT2D eigenvalue weighted by atomic mass is 32.2. The molecule has 70 valence electrons. The highest BCUT2D eigenvalue weighted by Gasteiger charge is 2.13. The first kappa shape index (κ1) is 10.2. The predicted molar refractivity (Wildman–Crippen MR) is 51.5 cm³/mol. The van der Waals surface area contributed by atoms with Crippen LogP contribution in [0.3, 0.4) is 0 Å². The van der Waals surface area contributed by atoms with Gasteiger partial charge in [-0.1, -0.05) is 18.7 Å². The molecule has 4 nitrogen and oxygen atoms in total. The maximum atomic E-state index is 11.2. The Morgan fingerprint density at radius 1 is 1.69 bits per heavy atom. The van der Waals surface area contributed by atoms with Gasteiger partial charge in [0.15, 0.2) is 5.69 Å². The molecule has 0 saturated carbocycles. The lowest BCUT2D eigenvalue weighted by molar-refractivity contribution is 0.0692.